The summed E-state index contributed by atoms with van der Waals surface area (Å²) >= 11 is 0. The number of hydrogen-bond acceptors (Lipinski definition) is 2. The van der Waals surface area contributed by atoms with Gasteiger partial charge in [0.25, 0.3) is 5.92 Å². The summed E-state index contributed by atoms with van der Waals surface area (Å²) in [5, 5.41) is 6.32. The third kappa shape index (κ3) is 3.86. The molecule has 0 bridgehead atoms. The zero-order valence-electron chi connectivity index (χ0n) is 11.0. The molecule has 1 aliphatic heterocycles. The van der Waals surface area contributed by atoms with Gasteiger partial charge in [0.05, 0.1) is 5.69 Å². The molecule has 1 atom stereocenters. The predicted molar refractivity (Wildman–Crippen MR) is 70.1 cm³/mol. The Bertz CT molecular complexity index is 423. The van der Waals surface area contributed by atoms with Gasteiger partial charge in [-0.2, -0.15) is 0 Å². The fourth-order valence-electron chi connectivity index (χ4n) is 2.26. The topological polar surface area (TPSA) is 24.1 Å². The van der Waals surface area contributed by atoms with Crippen molar-refractivity contribution in [3.05, 3.63) is 29.6 Å². The average molecular weight is 272 g/mol. The van der Waals surface area contributed by atoms with Crippen molar-refractivity contribution in [3.8, 4) is 0 Å². The Balaban J connectivity index is 1.97. The molecule has 1 fully saturated rings. The summed E-state index contributed by atoms with van der Waals surface area (Å²) < 4.78 is 39.8. The first kappa shape index (κ1) is 14.2. The molecular weight excluding hydrogens is 253 g/mol. The van der Waals surface area contributed by atoms with Crippen molar-refractivity contribution in [2.45, 2.75) is 38.2 Å². The number of piperidine rings is 1. The Kier molecular flexibility index (Phi) is 4.34. The van der Waals surface area contributed by atoms with E-state index in [0.29, 0.717) is 12.6 Å². The molecule has 0 spiro atoms. The van der Waals surface area contributed by atoms with Gasteiger partial charge in [-0.05, 0) is 31.5 Å². The van der Waals surface area contributed by atoms with Crippen LogP contribution >= 0.6 is 0 Å². The van der Waals surface area contributed by atoms with Crippen LogP contribution in [-0.2, 0) is 5.92 Å². The maximum atomic E-state index is 13.7. The summed E-state index contributed by atoms with van der Waals surface area (Å²) in [6.45, 7) is 2.36. The third-order valence-corrected chi connectivity index (χ3v) is 3.43. The maximum absolute atomic E-state index is 13.7. The van der Waals surface area contributed by atoms with Crippen molar-refractivity contribution in [3.63, 3.8) is 0 Å². The number of alkyl halides is 2. The van der Waals surface area contributed by atoms with Gasteiger partial charge in [0.2, 0.25) is 0 Å². The van der Waals surface area contributed by atoms with Gasteiger partial charge in [0, 0.05) is 25.1 Å². The fourth-order valence-corrected chi connectivity index (χ4v) is 2.26. The largest absolute Gasteiger partial charge is 0.381 e. The van der Waals surface area contributed by atoms with E-state index in [0.717, 1.165) is 26.0 Å². The molecule has 0 aromatic heterocycles. The lowest BCUT2D eigenvalue weighted by Gasteiger charge is -2.24. The van der Waals surface area contributed by atoms with Gasteiger partial charge in [0.15, 0.2) is 0 Å². The Morgan fingerprint density at radius 3 is 2.74 bits per heavy atom. The first-order valence-corrected chi connectivity index (χ1v) is 6.62. The third-order valence-electron chi connectivity index (χ3n) is 3.43. The SMILES string of the molecule is CC(F)(F)c1ccc(NCC2CCCCN2)c(F)c1. The van der Waals surface area contributed by atoms with Crippen molar-refractivity contribution in [1.29, 1.82) is 0 Å². The molecule has 0 saturated carbocycles. The van der Waals surface area contributed by atoms with E-state index in [1.165, 1.54) is 25.0 Å². The Morgan fingerprint density at radius 2 is 2.16 bits per heavy atom. The minimum atomic E-state index is -3.01. The van der Waals surface area contributed by atoms with Crippen LogP contribution in [0.3, 0.4) is 0 Å². The van der Waals surface area contributed by atoms with E-state index in [-0.39, 0.29) is 11.3 Å². The number of rotatable bonds is 4. The molecule has 1 aliphatic rings. The van der Waals surface area contributed by atoms with E-state index in [9.17, 15) is 13.2 Å². The van der Waals surface area contributed by atoms with Crippen molar-refractivity contribution in [2.24, 2.45) is 0 Å². The van der Waals surface area contributed by atoms with Gasteiger partial charge in [0.1, 0.15) is 5.82 Å². The fraction of sp³-hybridized carbons (Fsp3) is 0.571. The molecule has 1 saturated heterocycles. The molecule has 106 valence electrons. The molecule has 1 aromatic rings. The molecule has 0 aliphatic carbocycles. The molecule has 2 rings (SSSR count). The van der Waals surface area contributed by atoms with Crippen molar-refractivity contribution >= 4 is 5.69 Å². The number of hydrogen-bond donors (Lipinski definition) is 2. The zero-order valence-corrected chi connectivity index (χ0v) is 11.0. The monoisotopic (exact) mass is 272 g/mol. The van der Waals surface area contributed by atoms with Gasteiger partial charge in [-0.25, -0.2) is 13.2 Å². The molecule has 0 radical (unpaired) electrons. The van der Waals surface area contributed by atoms with Crippen LogP contribution in [0.25, 0.3) is 0 Å². The summed E-state index contributed by atoms with van der Waals surface area (Å²) in [5.74, 6) is -3.64. The molecule has 1 unspecified atom stereocenters. The van der Waals surface area contributed by atoms with Crippen LogP contribution < -0.4 is 10.6 Å². The highest BCUT2D eigenvalue weighted by Crippen LogP contribution is 2.29. The first-order chi connectivity index (χ1) is 8.97. The van der Waals surface area contributed by atoms with Crippen LogP contribution in [0.1, 0.15) is 31.7 Å². The number of benzene rings is 1. The normalized spacial score (nSPS) is 20.3. The average Bonchev–Trinajstić information content (AvgIpc) is 2.37. The quantitative estimate of drug-likeness (QED) is 0.876. The van der Waals surface area contributed by atoms with E-state index in [1.54, 1.807) is 0 Å². The maximum Gasteiger partial charge on any atom is 0.270 e. The second-order valence-corrected chi connectivity index (χ2v) is 5.11. The standard InChI is InChI=1S/C14H19F3N2/c1-14(16,17)10-5-6-13(12(15)8-10)19-9-11-4-2-3-7-18-11/h5-6,8,11,18-19H,2-4,7,9H2,1H3. The summed E-state index contributed by atoms with van der Waals surface area (Å²) in [5.41, 5.74) is -0.0216. The molecule has 1 aromatic carbocycles. The van der Waals surface area contributed by atoms with Crippen LogP contribution in [0, 0.1) is 5.82 Å². The van der Waals surface area contributed by atoms with Gasteiger partial charge < -0.3 is 10.6 Å². The lowest BCUT2D eigenvalue weighted by molar-refractivity contribution is 0.0172. The van der Waals surface area contributed by atoms with Crippen LogP contribution in [0.2, 0.25) is 0 Å². The Hall–Kier alpha value is -1.23. The van der Waals surface area contributed by atoms with Crippen LogP contribution in [0.4, 0.5) is 18.9 Å². The lowest BCUT2D eigenvalue weighted by Crippen LogP contribution is -2.39. The highest BCUT2D eigenvalue weighted by Gasteiger charge is 2.25. The molecule has 19 heavy (non-hydrogen) atoms. The first-order valence-electron chi connectivity index (χ1n) is 6.62. The minimum absolute atomic E-state index is 0.278. The predicted octanol–water partition coefficient (Wildman–Crippen LogP) is 3.49. The van der Waals surface area contributed by atoms with Crippen LogP contribution in [0.5, 0.6) is 0 Å². The highest BCUT2D eigenvalue weighted by molar-refractivity contribution is 5.47. The second kappa shape index (κ2) is 5.82. The summed E-state index contributed by atoms with van der Waals surface area (Å²) in [6, 6.07) is 3.86. The molecule has 5 heteroatoms. The summed E-state index contributed by atoms with van der Waals surface area (Å²) in [7, 11) is 0. The van der Waals surface area contributed by atoms with E-state index in [2.05, 4.69) is 10.6 Å². The van der Waals surface area contributed by atoms with Crippen LogP contribution in [-0.4, -0.2) is 19.1 Å². The Labute approximate surface area is 111 Å². The molecular formula is C14H19F3N2. The molecule has 2 N–H and O–H groups in total. The van der Waals surface area contributed by atoms with Gasteiger partial charge in [-0.1, -0.05) is 12.5 Å². The van der Waals surface area contributed by atoms with E-state index in [1.807, 2.05) is 0 Å². The molecule has 0 amide bonds. The number of anilines is 1. The number of nitrogens with one attached hydrogen (secondary N) is 2. The van der Waals surface area contributed by atoms with E-state index in [4.69, 9.17) is 0 Å². The van der Waals surface area contributed by atoms with Gasteiger partial charge in [-0.3, -0.25) is 0 Å². The zero-order chi connectivity index (χ0) is 13.9. The Morgan fingerprint density at radius 1 is 1.37 bits per heavy atom. The van der Waals surface area contributed by atoms with E-state index >= 15 is 0 Å². The summed E-state index contributed by atoms with van der Waals surface area (Å²) in [6.07, 6.45) is 3.40. The molecule has 1 heterocycles. The highest BCUT2D eigenvalue weighted by atomic mass is 19.3. The summed E-state index contributed by atoms with van der Waals surface area (Å²) in [4.78, 5) is 0. The molecule has 2 nitrogen and oxygen atoms in total. The van der Waals surface area contributed by atoms with Crippen molar-refractivity contribution < 1.29 is 13.2 Å². The van der Waals surface area contributed by atoms with Crippen molar-refractivity contribution in [2.75, 3.05) is 18.4 Å². The minimum Gasteiger partial charge on any atom is -0.381 e. The number of halogens is 3. The lowest BCUT2D eigenvalue weighted by atomic mass is 10.0. The van der Waals surface area contributed by atoms with Gasteiger partial charge in [-0.15, -0.1) is 0 Å². The van der Waals surface area contributed by atoms with E-state index < -0.39 is 11.7 Å². The smallest absolute Gasteiger partial charge is 0.270 e. The van der Waals surface area contributed by atoms with Crippen molar-refractivity contribution in [1.82, 2.24) is 5.32 Å². The van der Waals surface area contributed by atoms with Gasteiger partial charge >= 0.3 is 0 Å². The second-order valence-electron chi connectivity index (χ2n) is 5.11. The van der Waals surface area contributed by atoms with Crippen LogP contribution in [0.15, 0.2) is 18.2 Å².